The van der Waals surface area contributed by atoms with Gasteiger partial charge >= 0.3 is 0 Å². The van der Waals surface area contributed by atoms with Crippen LogP contribution in [-0.2, 0) is 10.5 Å². The van der Waals surface area contributed by atoms with Crippen molar-refractivity contribution in [2.24, 2.45) is 11.5 Å². The minimum Gasteiger partial charge on any atom is -0.449 e. The molecule has 0 bridgehead atoms. The lowest BCUT2D eigenvalue weighted by Gasteiger charge is -2.19. The van der Waals surface area contributed by atoms with Gasteiger partial charge in [-0.3, -0.25) is 4.79 Å². The Kier molecular flexibility index (Phi) is 4.07. The molecule has 0 saturated heterocycles. The van der Waals surface area contributed by atoms with E-state index in [1.807, 2.05) is 0 Å². The van der Waals surface area contributed by atoms with Crippen LogP contribution in [0.25, 0.3) is 0 Å². The molecule has 1 atom stereocenters. The van der Waals surface area contributed by atoms with Crippen LogP contribution in [0.2, 0.25) is 5.22 Å². The van der Waals surface area contributed by atoms with E-state index in [-0.39, 0.29) is 0 Å². The summed E-state index contributed by atoms with van der Waals surface area (Å²) in [5.41, 5.74) is 9.82. The first-order valence-corrected chi connectivity index (χ1v) is 5.86. The van der Waals surface area contributed by atoms with Gasteiger partial charge in [0.05, 0.1) is 5.75 Å². The van der Waals surface area contributed by atoms with E-state index in [4.69, 9.17) is 27.5 Å². The maximum absolute atomic E-state index is 10.9. The first-order valence-electron chi connectivity index (χ1n) is 4.32. The van der Waals surface area contributed by atoms with Crippen molar-refractivity contribution >= 4 is 29.3 Å². The Labute approximate surface area is 97.3 Å². The number of halogens is 1. The minimum atomic E-state index is -0.985. The van der Waals surface area contributed by atoms with Crippen LogP contribution in [0.1, 0.15) is 12.7 Å². The van der Waals surface area contributed by atoms with E-state index in [0.29, 0.717) is 16.7 Å². The summed E-state index contributed by atoms with van der Waals surface area (Å²) >= 11 is 7.08. The van der Waals surface area contributed by atoms with Crippen LogP contribution in [-0.4, -0.2) is 17.2 Å². The van der Waals surface area contributed by atoms with Gasteiger partial charge < -0.3 is 15.9 Å². The fourth-order valence-electron chi connectivity index (χ4n) is 0.864. The number of carbonyl (C=O) groups is 1. The van der Waals surface area contributed by atoms with Gasteiger partial charge in [0.1, 0.15) is 11.3 Å². The van der Waals surface area contributed by atoms with Crippen LogP contribution in [0, 0.1) is 0 Å². The van der Waals surface area contributed by atoms with E-state index in [1.165, 1.54) is 11.8 Å². The molecular formula is C9H13ClN2O2S. The average Bonchev–Trinajstić information content (AvgIpc) is 2.51. The molecule has 0 spiro atoms. The van der Waals surface area contributed by atoms with Gasteiger partial charge in [0.15, 0.2) is 5.22 Å². The fourth-order valence-corrected chi connectivity index (χ4v) is 2.05. The summed E-state index contributed by atoms with van der Waals surface area (Å²) in [5, 5.41) is 0.357. The average molecular weight is 249 g/mol. The molecule has 0 saturated carbocycles. The molecule has 1 aromatic heterocycles. The molecule has 1 rings (SSSR count). The SMILES string of the molecule is CC(N)(CSCc1ccc(Cl)o1)C(N)=O. The number of hydrogen-bond donors (Lipinski definition) is 2. The van der Waals surface area contributed by atoms with Crippen LogP contribution in [0.4, 0.5) is 0 Å². The van der Waals surface area contributed by atoms with Crippen LogP contribution >= 0.6 is 23.4 Å². The van der Waals surface area contributed by atoms with E-state index in [0.717, 1.165) is 5.76 Å². The predicted octanol–water partition coefficient (Wildman–Crippen LogP) is 1.37. The molecule has 0 aliphatic heterocycles. The summed E-state index contributed by atoms with van der Waals surface area (Å²) in [6.45, 7) is 1.61. The van der Waals surface area contributed by atoms with Crippen molar-refractivity contribution in [3.8, 4) is 0 Å². The van der Waals surface area contributed by atoms with Gasteiger partial charge in [-0.2, -0.15) is 11.8 Å². The number of amides is 1. The number of rotatable bonds is 5. The highest BCUT2D eigenvalue weighted by Gasteiger charge is 2.25. The first kappa shape index (κ1) is 12.4. The highest BCUT2D eigenvalue weighted by Crippen LogP contribution is 2.20. The number of carbonyl (C=O) groups excluding carboxylic acids is 1. The highest BCUT2D eigenvalue weighted by atomic mass is 35.5. The van der Waals surface area contributed by atoms with Crippen LogP contribution in [0.3, 0.4) is 0 Å². The first-order chi connectivity index (χ1) is 6.92. The lowest BCUT2D eigenvalue weighted by atomic mass is 10.1. The Balaban J connectivity index is 2.36. The van der Waals surface area contributed by atoms with E-state index < -0.39 is 11.4 Å². The second kappa shape index (κ2) is 4.92. The molecule has 15 heavy (non-hydrogen) atoms. The van der Waals surface area contributed by atoms with Gasteiger partial charge in [0, 0.05) is 5.75 Å². The van der Waals surface area contributed by atoms with Gasteiger partial charge in [-0.05, 0) is 30.7 Å². The lowest BCUT2D eigenvalue weighted by Crippen LogP contribution is -2.51. The Morgan fingerprint density at radius 2 is 2.33 bits per heavy atom. The number of nitrogens with two attached hydrogens (primary N) is 2. The molecule has 1 aromatic rings. The largest absolute Gasteiger partial charge is 0.449 e. The maximum Gasteiger partial charge on any atom is 0.238 e. The van der Waals surface area contributed by atoms with Crippen molar-refractivity contribution in [1.29, 1.82) is 0 Å². The fraction of sp³-hybridized carbons (Fsp3) is 0.444. The zero-order valence-corrected chi connectivity index (χ0v) is 9.90. The quantitative estimate of drug-likeness (QED) is 0.825. The van der Waals surface area contributed by atoms with Crippen LogP contribution in [0.5, 0.6) is 0 Å². The Hall–Kier alpha value is -0.650. The molecule has 4 N–H and O–H groups in total. The lowest BCUT2D eigenvalue weighted by molar-refractivity contribution is -0.121. The third kappa shape index (κ3) is 3.77. The Bertz CT molecular complexity index is 352. The van der Waals surface area contributed by atoms with Crippen molar-refractivity contribution in [3.63, 3.8) is 0 Å². The zero-order valence-electron chi connectivity index (χ0n) is 8.33. The Morgan fingerprint density at radius 3 is 2.80 bits per heavy atom. The highest BCUT2D eigenvalue weighted by molar-refractivity contribution is 7.98. The van der Waals surface area contributed by atoms with Crippen molar-refractivity contribution in [1.82, 2.24) is 0 Å². The van der Waals surface area contributed by atoms with E-state index in [2.05, 4.69) is 0 Å². The van der Waals surface area contributed by atoms with Gasteiger partial charge in [-0.15, -0.1) is 0 Å². The summed E-state index contributed by atoms with van der Waals surface area (Å²) in [6.07, 6.45) is 0. The number of furan rings is 1. The molecule has 4 nitrogen and oxygen atoms in total. The summed E-state index contributed by atoms with van der Waals surface area (Å²) in [7, 11) is 0. The molecule has 0 radical (unpaired) electrons. The molecule has 84 valence electrons. The summed E-state index contributed by atoms with van der Waals surface area (Å²) in [4.78, 5) is 10.9. The van der Waals surface area contributed by atoms with Gasteiger partial charge in [0.25, 0.3) is 0 Å². The number of primary amides is 1. The van der Waals surface area contributed by atoms with E-state index >= 15 is 0 Å². The molecule has 6 heteroatoms. The van der Waals surface area contributed by atoms with E-state index in [1.54, 1.807) is 19.1 Å². The molecule has 0 aliphatic carbocycles. The molecule has 1 unspecified atom stereocenters. The van der Waals surface area contributed by atoms with Crippen molar-refractivity contribution < 1.29 is 9.21 Å². The standard InChI is InChI=1S/C9H13ClN2O2S/c1-9(12,8(11)13)5-15-4-6-2-3-7(10)14-6/h2-3H,4-5,12H2,1H3,(H2,11,13). The monoisotopic (exact) mass is 248 g/mol. The molecule has 0 fully saturated rings. The molecule has 1 amide bonds. The number of hydrogen-bond acceptors (Lipinski definition) is 4. The molecule has 0 aliphatic rings. The molecule has 1 heterocycles. The van der Waals surface area contributed by atoms with Crippen molar-refractivity contribution in [2.75, 3.05) is 5.75 Å². The van der Waals surface area contributed by atoms with Crippen LogP contribution in [0.15, 0.2) is 16.5 Å². The summed E-state index contributed by atoms with van der Waals surface area (Å²) < 4.78 is 5.15. The molecule has 0 aromatic carbocycles. The number of thioether (sulfide) groups is 1. The van der Waals surface area contributed by atoms with Crippen LogP contribution < -0.4 is 11.5 Å². The van der Waals surface area contributed by atoms with Gasteiger partial charge in [0.2, 0.25) is 5.91 Å². The van der Waals surface area contributed by atoms with E-state index in [9.17, 15) is 4.79 Å². The maximum atomic E-state index is 10.9. The minimum absolute atomic E-state index is 0.357. The topological polar surface area (TPSA) is 82.2 Å². The second-order valence-corrected chi connectivity index (χ2v) is 4.84. The predicted molar refractivity (Wildman–Crippen MR) is 61.7 cm³/mol. The zero-order chi connectivity index (χ0) is 11.5. The summed E-state index contributed by atoms with van der Waals surface area (Å²) in [6, 6.07) is 3.46. The second-order valence-electron chi connectivity index (χ2n) is 3.48. The Morgan fingerprint density at radius 1 is 1.67 bits per heavy atom. The van der Waals surface area contributed by atoms with Gasteiger partial charge in [-0.25, -0.2) is 0 Å². The normalized spacial score (nSPS) is 14.9. The third-order valence-corrected chi connectivity index (χ3v) is 3.33. The van der Waals surface area contributed by atoms with Crippen molar-refractivity contribution in [3.05, 3.63) is 23.1 Å². The third-order valence-electron chi connectivity index (χ3n) is 1.84. The van der Waals surface area contributed by atoms with Crippen molar-refractivity contribution in [2.45, 2.75) is 18.2 Å². The summed E-state index contributed by atoms with van der Waals surface area (Å²) in [5.74, 6) is 1.31. The smallest absolute Gasteiger partial charge is 0.238 e. The molecular weight excluding hydrogens is 236 g/mol. The van der Waals surface area contributed by atoms with Gasteiger partial charge in [-0.1, -0.05) is 0 Å².